The number of amides is 2. The minimum Gasteiger partial charge on any atom is -0.462 e. The second-order valence-corrected chi connectivity index (χ2v) is 9.18. The first-order chi connectivity index (χ1) is 14.9. The predicted octanol–water partition coefficient (Wildman–Crippen LogP) is 4.82. The van der Waals surface area contributed by atoms with E-state index in [4.69, 9.17) is 21.1 Å². The number of carbonyl (C=O) groups is 3. The topological polar surface area (TPSA) is 84.9 Å². The summed E-state index contributed by atoms with van der Waals surface area (Å²) < 4.78 is 10.3. The summed E-state index contributed by atoms with van der Waals surface area (Å²) in [7, 11) is 0. The Morgan fingerprint density at radius 2 is 1.87 bits per heavy atom. The maximum absolute atomic E-state index is 12.6. The number of benzene rings is 1. The Hall–Kier alpha value is -2.23. The van der Waals surface area contributed by atoms with Gasteiger partial charge in [-0.3, -0.25) is 4.79 Å². The molecule has 2 aromatic rings. The Morgan fingerprint density at radius 3 is 2.55 bits per heavy atom. The zero-order chi connectivity index (χ0) is 22.4. The molecule has 7 nitrogen and oxygen atoms in total. The molecule has 3 rings (SSSR count). The third-order valence-corrected chi connectivity index (χ3v) is 6.90. The van der Waals surface area contributed by atoms with Crippen molar-refractivity contribution in [2.24, 2.45) is 0 Å². The average molecular weight is 483 g/mol. The van der Waals surface area contributed by atoms with Crippen LogP contribution < -0.4 is 5.32 Å². The van der Waals surface area contributed by atoms with Crippen molar-refractivity contribution in [1.82, 2.24) is 4.90 Å². The molecular formula is C21H23ClN2O5S2. The summed E-state index contributed by atoms with van der Waals surface area (Å²) >= 11 is 8.56. The number of rotatable bonds is 7. The van der Waals surface area contributed by atoms with E-state index in [1.807, 2.05) is 12.1 Å². The van der Waals surface area contributed by atoms with Crippen LogP contribution in [0.5, 0.6) is 0 Å². The number of thiophene rings is 1. The highest BCUT2D eigenvalue weighted by Gasteiger charge is 2.31. The lowest BCUT2D eigenvalue weighted by molar-refractivity contribution is -0.113. The van der Waals surface area contributed by atoms with Gasteiger partial charge in [0.05, 0.1) is 31.1 Å². The van der Waals surface area contributed by atoms with Gasteiger partial charge in [0.15, 0.2) is 0 Å². The fourth-order valence-electron chi connectivity index (χ4n) is 3.12. The van der Waals surface area contributed by atoms with Crippen LogP contribution in [0.15, 0.2) is 29.2 Å². The molecule has 0 aliphatic carbocycles. The van der Waals surface area contributed by atoms with Gasteiger partial charge in [-0.1, -0.05) is 11.6 Å². The summed E-state index contributed by atoms with van der Waals surface area (Å²) in [5.41, 5.74) is 1.21. The Kier molecular flexibility index (Phi) is 8.22. The van der Waals surface area contributed by atoms with E-state index in [1.54, 1.807) is 30.9 Å². The van der Waals surface area contributed by atoms with Crippen LogP contribution >= 0.6 is 34.7 Å². The average Bonchev–Trinajstić information content (AvgIpc) is 3.10. The first kappa shape index (κ1) is 23.4. The number of esters is 1. The Balaban J connectivity index is 1.75. The van der Waals surface area contributed by atoms with Gasteiger partial charge in [-0.2, -0.15) is 0 Å². The smallest absolute Gasteiger partial charge is 0.410 e. The van der Waals surface area contributed by atoms with Crippen LogP contribution in [0.2, 0.25) is 5.02 Å². The summed E-state index contributed by atoms with van der Waals surface area (Å²) in [4.78, 5) is 40.6. The van der Waals surface area contributed by atoms with Crippen molar-refractivity contribution < 1.29 is 23.9 Å². The monoisotopic (exact) mass is 482 g/mol. The fourth-order valence-corrected chi connectivity index (χ4v) is 5.22. The molecule has 10 heteroatoms. The molecule has 1 aromatic carbocycles. The number of anilines is 1. The van der Waals surface area contributed by atoms with Gasteiger partial charge < -0.3 is 19.7 Å². The van der Waals surface area contributed by atoms with Gasteiger partial charge in [0, 0.05) is 21.3 Å². The van der Waals surface area contributed by atoms with Gasteiger partial charge in [-0.05, 0) is 50.1 Å². The molecule has 2 amide bonds. The third-order valence-electron chi connectivity index (χ3n) is 4.50. The lowest BCUT2D eigenvalue weighted by Gasteiger charge is -2.26. The van der Waals surface area contributed by atoms with E-state index >= 15 is 0 Å². The molecule has 0 bridgehead atoms. The second kappa shape index (κ2) is 10.9. The number of fused-ring (bicyclic) bond motifs is 1. The van der Waals surface area contributed by atoms with Crippen LogP contribution in [0.4, 0.5) is 9.80 Å². The van der Waals surface area contributed by atoms with Crippen molar-refractivity contribution in [2.75, 3.05) is 30.8 Å². The van der Waals surface area contributed by atoms with E-state index in [0.717, 1.165) is 15.3 Å². The standard InChI is InChI=1S/C21H23ClN2O5S2/c1-3-28-20(26)18-15-9-10-24(21(27)29-4-2)11-16(15)31-19(18)23-17(25)12-30-14-7-5-13(22)6-8-14/h5-8H,3-4,9-12H2,1-2H3,(H,23,25). The SMILES string of the molecule is CCOC(=O)c1c(NC(=O)CSc2ccc(Cl)cc2)sc2c1CCN(C(=O)OCC)C2. The highest BCUT2D eigenvalue weighted by atomic mass is 35.5. The minimum absolute atomic E-state index is 0.182. The molecule has 0 saturated heterocycles. The molecule has 1 aliphatic rings. The molecule has 31 heavy (non-hydrogen) atoms. The van der Waals surface area contributed by atoms with Crippen molar-refractivity contribution in [3.8, 4) is 0 Å². The van der Waals surface area contributed by atoms with Crippen LogP contribution in [-0.2, 0) is 27.2 Å². The number of thioether (sulfide) groups is 1. The van der Waals surface area contributed by atoms with Crippen molar-refractivity contribution in [1.29, 1.82) is 0 Å². The fraction of sp³-hybridized carbons (Fsp3) is 0.381. The van der Waals surface area contributed by atoms with Gasteiger partial charge in [0.2, 0.25) is 5.91 Å². The van der Waals surface area contributed by atoms with Gasteiger partial charge in [0.1, 0.15) is 5.00 Å². The first-order valence-corrected chi connectivity index (χ1v) is 12.0. The summed E-state index contributed by atoms with van der Waals surface area (Å²) in [5, 5.41) is 3.94. The van der Waals surface area contributed by atoms with Crippen molar-refractivity contribution in [3.05, 3.63) is 45.3 Å². The number of hydrogen-bond acceptors (Lipinski definition) is 7. The molecule has 1 N–H and O–H groups in total. The predicted molar refractivity (Wildman–Crippen MR) is 122 cm³/mol. The van der Waals surface area contributed by atoms with Crippen LogP contribution in [0.25, 0.3) is 0 Å². The lowest BCUT2D eigenvalue weighted by atomic mass is 10.0. The molecular weight excluding hydrogens is 460 g/mol. The molecule has 0 radical (unpaired) electrons. The molecule has 0 spiro atoms. The van der Waals surface area contributed by atoms with Gasteiger partial charge >= 0.3 is 12.1 Å². The van der Waals surface area contributed by atoms with E-state index in [9.17, 15) is 14.4 Å². The molecule has 0 atom stereocenters. The summed E-state index contributed by atoms with van der Waals surface area (Å²) in [5.74, 6) is -0.516. The van der Waals surface area contributed by atoms with Crippen LogP contribution in [0.1, 0.15) is 34.6 Å². The number of nitrogens with zero attached hydrogens (tertiary/aromatic N) is 1. The lowest BCUT2D eigenvalue weighted by Crippen LogP contribution is -2.36. The number of ether oxygens (including phenoxy) is 2. The zero-order valence-corrected chi connectivity index (χ0v) is 19.6. The minimum atomic E-state index is -0.467. The molecule has 1 aromatic heterocycles. The number of hydrogen-bond donors (Lipinski definition) is 1. The Morgan fingerprint density at radius 1 is 1.16 bits per heavy atom. The van der Waals surface area contributed by atoms with Crippen molar-refractivity contribution >= 4 is 57.7 Å². The second-order valence-electron chi connectivity index (χ2n) is 6.59. The van der Waals surface area contributed by atoms with Crippen molar-refractivity contribution in [3.63, 3.8) is 0 Å². The van der Waals surface area contributed by atoms with Crippen molar-refractivity contribution in [2.45, 2.75) is 31.7 Å². The van der Waals surface area contributed by atoms with E-state index in [0.29, 0.717) is 41.7 Å². The number of nitrogens with one attached hydrogen (secondary N) is 1. The maximum atomic E-state index is 12.6. The van der Waals surface area contributed by atoms with E-state index in [-0.39, 0.29) is 24.4 Å². The first-order valence-electron chi connectivity index (χ1n) is 9.84. The normalized spacial score (nSPS) is 12.8. The van der Waals surface area contributed by atoms with Gasteiger partial charge in [-0.15, -0.1) is 23.1 Å². The Bertz CT molecular complexity index is 961. The molecule has 2 heterocycles. The van der Waals surface area contributed by atoms with E-state index in [2.05, 4.69) is 5.32 Å². The molecule has 0 unspecified atom stereocenters. The summed E-state index contributed by atoms with van der Waals surface area (Å²) in [6.07, 6.45) is 0.109. The van der Waals surface area contributed by atoms with Gasteiger partial charge in [-0.25, -0.2) is 9.59 Å². The van der Waals surface area contributed by atoms with Gasteiger partial charge in [0.25, 0.3) is 0 Å². The van der Waals surface area contributed by atoms with Crippen LogP contribution in [0, 0.1) is 0 Å². The number of halogens is 1. The largest absolute Gasteiger partial charge is 0.462 e. The molecule has 166 valence electrons. The molecule has 0 fully saturated rings. The van der Waals surface area contributed by atoms with Crippen LogP contribution in [0.3, 0.4) is 0 Å². The van der Waals surface area contributed by atoms with Crippen LogP contribution in [-0.4, -0.2) is 48.4 Å². The highest BCUT2D eigenvalue weighted by Crippen LogP contribution is 2.38. The highest BCUT2D eigenvalue weighted by molar-refractivity contribution is 8.00. The molecule has 0 saturated carbocycles. The zero-order valence-electron chi connectivity index (χ0n) is 17.2. The van der Waals surface area contributed by atoms with E-state index < -0.39 is 5.97 Å². The summed E-state index contributed by atoms with van der Waals surface area (Å²) in [6, 6.07) is 7.23. The van der Waals surface area contributed by atoms with E-state index in [1.165, 1.54) is 23.1 Å². The number of carbonyl (C=O) groups excluding carboxylic acids is 3. The summed E-state index contributed by atoms with van der Waals surface area (Å²) in [6.45, 7) is 4.80. The quantitative estimate of drug-likeness (QED) is 0.449. The Labute approximate surface area is 194 Å². The maximum Gasteiger partial charge on any atom is 0.410 e. The molecule has 1 aliphatic heterocycles. The third kappa shape index (κ3) is 5.93.